The molecule has 0 aromatic heterocycles. The van der Waals surface area contributed by atoms with Gasteiger partial charge in [0.2, 0.25) is 0 Å². The molecule has 21 heavy (non-hydrogen) atoms. The van der Waals surface area contributed by atoms with E-state index in [1.165, 1.54) is 77.0 Å². The van der Waals surface area contributed by atoms with E-state index in [1.807, 2.05) is 0 Å². The molecule has 0 saturated heterocycles. The summed E-state index contributed by atoms with van der Waals surface area (Å²) in [6.07, 6.45) is 16.1. The van der Waals surface area contributed by atoms with Crippen molar-refractivity contribution in [1.29, 1.82) is 0 Å². The molecule has 0 atom stereocenters. The predicted molar refractivity (Wildman–Crippen MR) is 99.9 cm³/mol. The van der Waals surface area contributed by atoms with Crippen molar-refractivity contribution in [2.24, 2.45) is 0 Å². The van der Waals surface area contributed by atoms with Gasteiger partial charge in [-0.3, -0.25) is 0 Å². The van der Waals surface area contributed by atoms with Crippen LogP contribution < -0.4 is 0 Å². The van der Waals surface area contributed by atoms with Crippen LogP contribution in [0.15, 0.2) is 0 Å². The van der Waals surface area contributed by atoms with Crippen LogP contribution in [0.3, 0.4) is 0 Å². The van der Waals surface area contributed by atoms with Crippen LogP contribution in [-0.2, 0) is 0 Å². The van der Waals surface area contributed by atoms with Gasteiger partial charge in [-0.15, -0.1) is 12.6 Å². The fraction of sp³-hybridized carbons (Fsp3) is 0.941. The molecule has 0 fully saturated rings. The second-order valence-electron chi connectivity index (χ2n) is 5.81. The summed E-state index contributed by atoms with van der Waals surface area (Å²) in [7, 11) is 0. The minimum Gasteiger partial charge on any atom is -0.358 e. The van der Waals surface area contributed by atoms with E-state index in [4.69, 9.17) is 12.2 Å². The molecule has 0 unspecified atom stereocenters. The van der Waals surface area contributed by atoms with E-state index >= 15 is 0 Å². The van der Waals surface area contributed by atoms with Crippen molar-refractivity contribution in [3.63, 3.8) is 0 Å². The number of unbranched alkanes of at least 4 members (excludes halogenated alkanes) is 10. The molecular formula is C17H35LaNS2. The molecule has 4 heteroatoms. The average molecular weight is 457 g/mol. The second kappa shape index (κ2) is 19.5. The summed E-state index contributed by atoms with van der Waals surface area (Å²) >= 11 is 9.61. The summed E-state index contributed by atoms with van der Waals surface area (Å²) in [4.78, 5) is 2.29. The molecule has 0 rings (SSSR count). The van der Waals surface area contributed by atoms with E-state index in [9.17, 15) is 0 Å². The van der Waals surface area contributed by atoms with Gasteiger partial charge in [0.25, 0.3) is 0 Å². The minimum absolute atomic E-state index is 0. The largest absolute Gasteiger partial charge is 0.358 e. The van der Waals surface area contributed by atoms with Gasteiger partial charge >= 0.3 is 0 Å². The summed E-state index contributed by atoms with van der Waals surface area (Å²) in [6, 6.07) is 0. The maximum Gasteiger partial charge on any atom is 0.133 e. The smallest absolute Gasteiger partial charge is 0.133 e. The van der Waals surface area contributed by atoms with Gasteiger partial charge in [0.15, 0.2) is 0 Å². The zero-order chi connectivity index (χ0) is 15.1. The maximum atomic E-state index is 5.25. The third-order valence-corrected chi connectivity index (χ3v) is 4.37. The Morgan fingerprint density at radius 3 is 1.38 bits per heavy atom. The first-order valence-electron chi connectivity index (χ1n) is 8.70. The Hall–Kier alpha value is 1.43. The van der Waals surface area contributed by atoms with E-state index in [2.05, 4.69) is 31.4 Å². The third kappa shape index (κ3) is 17.6. The van der Waals surface area contributed by atoms with E-state index in [0.717, 1.165) is 17.4 Å². The zero-order valence-corrected chi connectivity index (χ0v) is 19.6. The Morgan fingerprint density at radius 2 is 1.05 bits per heavy atom. The molecule has 1 nitrogen and oxygen atoms in total. The fourth-order valence-corrected chi connectivity index (χ4v) is 2.85. The quantitative estimate of drug-likeness (QED) is 0.188. The van der Waals surface area contributed by atoms with Crippen LogP contribution in [0.25, 0.3) is 0 Å². The number of thiol groups is 1. The molecule has 0 aromatic carbocycles. The molecule has 0 spiro atoms. The van der Waals surface area contributed by atoms with Crippen molar-refractivity contribution in [1.82, 2.24) is 4.90 Å². The number of rotatable bonds is 14. The standard InChI is InChI=1S/C17H35NS2.La/c1-3-5-7-9-11-13-15-18(17(19)20)16-14-12-10-8-6-4-2;/h3-16H2,1-2H3,(H,19,20);. The van der Waals surface area contributed by atoms with Gasteiger partial charge in [0.05, 0.1) is 0 Å². The van der Waals surface area contributed by atoms with Gasteiger partial charge in [-0.25, -0.2) is 0 Å². The van der Waals surface area contributed by atoms with Crippen molar-refractivity contribution in [2.45, 2.75) is 90.9 Å². The molecular weight excluding hydrogens is 421 g/mol. The summed E-state index contributed by atoms with van der Waals surface area (Å²) in [6.45, 7) is 6.73. The Balaban J connectivity index is 0. The zero-order valence-electron chi connectivity index (χ0n) is 14.3. The summed E-state index contributed by atoms with van der Waals surface area (Å²) in [5.74, 6) is 0. The third-order valence-electron chi connectivity index (χ3n) is 3.83. The molecule has 0 aliphatic heterocycles. The molecule has 0 bridgehead atoms. The normalized spacial score (nSPS) is 10.2. The summed E-state index contributed by atoms with van der Waals surface area (Å²) in [5.41, 5.74) is 0. The van der Waals surface area contributed by atoms with Crippen molar-refractivity contribution in [3.8, 4) is 0 Å². The molecule has 0 amide bonds. The molecule has 0 heterocycles. The Bertz CT molecular complexity index is 209. The molecule has 1 radical (unpaired) electrons. The summed E-state index contributed by atoms with van der Waals surface area (Å²) in [5, 5.41) is 0. The molecule has 0 saturated carbocycles. The van der Waals surface area contributed by atoms with E-state index in [-0.39, 0.29) is 35.6 Å². The predicted octanol–water partition coefficient (Wildman–Crippen LogP) is 6.22. The van der Waals surface area contributed by atoms with Crippen LogP contribution in [0.5, 0.6) is 0 Å². The van der Waals surface area contributed by atoms with Crippen LogP contribution in [0.1, 0.15) is 90.9 Å². The Kier molecular flexibility index (Phi) is 22.9. The van der Waals surface area contributed by atoms with Crippen LogP contribution in [0.2, 0.25) is 0 Å². The van der Waals surface area contributed by atoms with Crippen molar-refractivity contribution < 1.29 is 35.6 Å². The second-order valence-corrected chi connectivity index (χ2v) is 6.92. The SMILES string of the molecule is CCCCCCCCN(CCCCCCCC)C(=S)S.[La]. The number of hydrogen-bond acceptors (Lipinski definition) is 1. The maximum absolute atomic E-state index is 5.25. The number of thiocarbonyl (C=S) groups is 1. The van der Waals surface area contributed by atoms with Crippen LogP contribution in [0.4, 0.5) is 0 Å². The molecule has 0 N–H and O–H groups in total. The van der Waals surface area contributed by atoms with E-state index in [0.29, 0.717) is 0 Å². The van der Waals surface area contributed by atoms with Crippen molar-refractivity contribution in [2.75, 3.05) is 13.1 Å². The first-order valence-corrected chi connectivity index (χ1v) is 9.55. The van der Waals surface area contributed by atoms with Gasteiger partial charge in [0, 0.05) is 48.7 Å². The molecule has 0 aliphatic rings. The topological polar surface area (TPSA) is 3.24 Å². The molecule has 123 valence electrons. The number of hydrogen-bond donors (Lipinski definition) is 1. The van der Waals surface area contributed by atoms with Gasteiger partial charge in [0.1, 0.15) is 4.32 Å². The average Bonchev–Trinajstić information content (AvgIpc) is 2.43. The first kappa shape index (κ1) is 24.7. The first-order chi connectivity index (χ1) is 9.72. The van der Waals surface area contributed by atoms with E-state index < -0.39 is 0 Å². The van der Waals surface area contributed by atoms with Crippen LogP contribution in [0, 0.1) is 35.6 Å². The molecule has 0 aromatic rings. The van der Waals surface area contributed by atoms with Crippen molar-refractivity contribution in [3.05, 3.63) is 0 Å². The fourth-order valence-electron chi connectivity index (χ4n) is 2.47. The van der Waals surface area contributed by atoms with E-state index in [1.54, 1.807) is 0 Å². The Morgan fingerprint density at radius 1 is 0.714 bits per heavy atom. The van der Waals surface area contributed by atoms with Gasteiger partial charge < -0.3 is 4.90 Å². The van der Waals surface area contributed by atoms with Crippen LogP contribution in [-0.4, -0.2) is 22.3 Å². The monoisotopic (exact) mass is 456 g/mol. The summed E-state index contributed by atoms with van der Waals surface area (Å²) < 4.78 is 0.784. The molecule has 0 aliphatic carbocycles. The van der Waals surface area contributed by atoms with Crippen LogP contribution >= 0.6 is 24.8 Å². The van der Waals surface area contributed by atoms with Gasteiger partial charge in [-0.05, 0) is 12.8 Å². The van der Waals surface area contributed by atoms with Gasteiger partial charge in [-0.2, -0.15) is 0 Å². The Labute approximate surface area is 172 Å². The van der Waals surface area contributed by atoms with Gasteiger partial charge in [-0.1, -0.05) is 90.3 Å². The number of nitrogens with zero attached hydrogens (tertiary/aromatic N) is 1. The minimum atomic E-state index is 0. The van der Waals surface area contributed by atoms with Crippen molar-refractivity contribution >= 4 is 29.2 Å².